The van der Waals surface area contributed by atoms with E-state index in [9.17, 15) is 20.1 Å². The number of unbranched alkanes of at least 4 members (excludes halogenated alkanes) is 3. The summed E-state index contributed by atoms with van der Waals surface area (Å²) in [6, 6.07) is 0. The van der Waals surface area contributed by atoms with Crippen LogP contribution >= 0.6 is 0 Å². The van der Waals surface area contributed by atoms with Crippen molar-refractivity contribution in [2.45, 2.75) is 95.2 Å². The molecule has 0 aromatic heterocycles. The minimum atomic E-state index is -0.804. The van der Waals surface area contributed by atoms with Crippen molar-refractivity contribution < 1.29 is 30.0 Å². The molecule has 0 aromatic rings. The van der Waals surface area contributed by atoms with E-state index in [1.807, 2.05) is 12.2 Å². The summed E-state index contributed by atoms with van der Waals surface area (Å²) in [7, 11) is 0. The van der Waals surface area contributed by atoms with Crippen LogP contribution < -0.4 is 0 Å². The van der Waals surface area contributed by atoms with Gasteiger partial charge in [-0.05, 0) is 25.7 Å². The van der Waals surface area contributed by atoms with Crippen LogP contribution in [-0.4, -0.2) is 56.9 Å². The number of allylic oxidation sites excluding steroid dienone is 1. The van der Waals surface area contributed by atoms with Crippen molar-refractivity contribution in [2.75, 3.05) is 0 Å². The Kier molecular flexibility index (Phi) is 11.4. The van der Waals surface area contributed by atoms with Gasteiger partial charge in [0, 0.05) is 12.8 Å². The minimum absolute atomic E-state index is 0.142. The number of aliphatic carboxylic acids is 1. The summed E-state index contributed by atoms with van der Waals surface area (Å²) < 4.78 is 5.71. The van der Waals surface area contributed by atoms with Crippen LogP contribution in [0.4, 0.5) is 0 Å². The molecule has 0 bridgehead atoms. The van der Waals surface area contributed by atoms with Crippen LogP contribution in [0.2, 0.25) is 0 Å². The Balaban J connectivity index is 2.30. The lowest BCUT2D eigenvalue weighted by molar-refractivity contribution is -0.137. The van der Waals surface area contributed by atoms with Crippen LogP contribution in [0.25, 0.3) is 0 Å². The van der Waals surface area contributed by atoms with Crippen molar-refractivity contribution in [3.05, 3.63) is 24.3 Å². The van der Waals surface area contributed by atoms with E-state index in [0.717, 1.165) is 19.3 Å². The number of aliphatic hydroxyl groups excluding tert-OH is 3. The van der Waals surface area contributed by atoms with Gasteiger partial charge in [-0.15, -0.1) is 0 Å². The second-order valence-electron chi connectivity index (χ2n) is 6.95. The number of aliphatic hydroxyl groups is 3. The van der Waals surface area contributed by atoms with E-state index in [2.05, 4.69) is 6.92 Å². The van der Waals surface area contributed by atoms with Gasteiger partial charge in [0.05, 0.1) is 24.4 Å². The Morgan fingerprint density at radius 3 is 2.69 bits per heavy atom. The fourth-order valence-electron chi connectivity index (χ4n) is 2.96. The highest BCUT2D eigenvalue weighted by Gasteiger charge is 2.35. The van der Waals surface area contributed by atoms with E-state index in [0.29, 0.717) is 32.1 Å². The SMILES string of the molecule is CCCCC[C@@H](O)/C=C/[C@H]1O[C@H]([C@H](O)C/C=C\CCCC(=O)O)C[C@H]1O. The topological polar surface area (TPSA) is 107 Å². The lowest BCUT2D eigenvalue weighted by atomic mass is 10.0. The number of carbonyl (C=O) groups is 1. The summed E-state index contributed by atoms with van der Waals surface area (Å²) in [5, 5.41) is 38.7. The zero-order valence-corrected chi connectivity index (χ0v) is 15.7. The van der Waals surface area contributed by atoms with E-state index in [1.54, 1.807) is 12.2 Å². The highest BCUT2D eigenvalue weighted by Crippen LogP contribution is 2.25. The predicted octanol–water partition coefficient (Wildman–Crippen LogP) is 2.56. The third kappa shape index (κ3) is 9.48. The average molecular weight is 370 g/mol. The Morgan fingerprint density at radius 2 is 2.00 bits per heavy atom. The van der Waals surface area contributed by atoms with E-state index in [1.165, 1.54) is 0 Å². The monoisotopic (exact) mass is 370 g/mol. The number of ether oxygens (including phenoxy) is 1. The lowest BCUT2D eigenvalue weighted by Gasteiger charge is -2.16. The highest BCUT2D eigenvalue weighted by atomic mass is 16.5. The van der Waals surface area contributed by atoms with Gasteiger partial charge in [-0.1, -0.05) is 50.5 Å². The second-order valence-corrected chi connectivity index (χ2v) is 6.95. The molecule has 0 spiro atoms. The van der Waals surface area contributed by atoms with Gasteiger partial charge in [0.1, 0.15) is 6.10 Å². The summed E-state index contributed by atoms with van der Waals surface area (Å²) in [6.07, 6.45) is 10.2. The molecule has 5 atom stereocenters. The van der Waals surface area contributed by atoms with E-state index in [-0.39, 0.29) is 6.42 Å². The maximum atomic E-state index is 10.4. The summed E-state index contributed by atoms with van der Waals surface area (Å²) in [4.78, 5) is 10.4. The first-order valence-electron chi connectivity index (χ1n) is 9.68. The highest BCUT2D eigenvalue weighted by molar-refractivity contribution is 5.66. The van der Waals surface area contributed by atoms with Crippen molar-refractivity contribution in [3.8, 4) is 0 Å². The fraction of sp³-hybridized carbons (Fsp3) is 0.750. The number of carboxylic acid groups (broad SMARTS) is 1. The number of hydrogen-bond acceptors (Lipinski definition) is 5. The Hall–Kier alpha value is -1.21. The molecule has 0 amide bonds. The Bertz CT molecular complexity index is 448. The van der Waals surface area contributed by atoms with Crippen molar-refractivity contribution >= 4 is 5.97 Å². The molecule has 1 aliphatic heterocycles. The third-order valence-corrected chi connectivity index (χ3v) is 4.55. The first kappa shape index (κ1) is 22.8. The fourth-order valence-corrected chi connectivity index (χ4v) is 2.96. The van der Waals surface area contributed by atoms with E-state index < -0.39 is 36.5 Å². The second kappa shape index (κ2) is 13.0. The molecule has 0 aromatic carbocycles. The van der Waals surface area contributed by atoms with Crippen LogP contribution in [-0.2, 0) is 9.53 Å². The molecule has 0 saturated carbocycles. The van der Waals surface area contributed by atoms with Gasteiger partial charge >= 0.3 is 5.97 Å². The first-order valence-corrected chi connectivity index (χ1v) is 9.68. The largest absolute Gasteiger partial charge is 0.481 e. The molecule has 4 N–H and O–H groups in total. The van der Waals surface area contributed by atoms with Gasteiger partial charge in [0.2, 0.25) is 0 Å². The molecular weight excluding hydrogens is 336 g/mol. The smallest absolute Gasteiger partial charge is 0.303 e. The number of rotatable bonds is 13. The summed E-state index contributed by atoms with van der Waals surface area (Å²) >= 11 is 0. The minimum Gasteiger partial charge on any atom is -0.481 e. The van der Waals surface area contributed by atoms with Crippen LogP contribution in [0.5, 0.6) is 0 Å². The van der Waals surface area contributed by atoms with Gasteiger partial charge in [0.25, 0.3) is 0 Å². The van der Waals surface area contributed by atoms with Crippen molar-refractivity contribution in [1.82, 2.24) is 0 Å². The standard InChI is InChI=1S/C20H34O6/c1-2-3-6-9-15(21)12-13-18-17(23)14-19(26-18)16(22)10-7-4-5-8-11-20(24)25/h4,7,12-13,15-19,21-23H,2-3,5-6,8-11,14H2,1H3,(H,24,25)/b7-4-,13-12+/t15-,16-,17-,18-,19+/m1/s1. The Labute approximate surface area is 156 Å². The molecule has 6 nitrogen and oxygen atoms in total. The lowest BCUT2D eigenvalue weighted by Crippen LogP contribution is -2.25. The van der Waals surface area contributed by atoms with E-state index in [4.69, 9.17) is 9.84 Å². The van der Waals surface area contributed by atoms with Crippen molar-refractivity contribution in [2.24, 2.45) is 0 Å². The zero-order valence-electron chi connectivity index (χ0n) is 15.7. The molecule has 26 heavy (non-hydrogen) atoms. The molecular formula is C20H34O6. The normalized spacial score (nSPS) is 25.9. The van der Waals surface area contributed by atoms with E-state index >= 15 is 0 Å². The van der Waals surface area contributed by atoms with Gasteiger partial charge < -0.3 is 25.2 Å². The van der Waals surface area contributed by atoms with Crippen LogP contribution in [0, 0.1) is 0 Å². The van der Waals surface area contributed by atoms with Gasteiger partial charge in [-0.25, -0.2) is 0 Å². The summed E-state index contributed by atoms with van der Waals surface area (Å²) in [5.41, 5.74) is 0. The predicted molar refractivity (Wildman–Crippen MR) is 99.8 cm³/mol. The van der Waals surface area contributed by atoms with Gasteiger partial charge in [0.15, 0.2) is 0 Å². The molecule has 1 saturated heterocycles. The van der Waals surface area contributed by atoms with Gasteiger partial charge in [-0.3, -0.25) is 4.79 Å². The first-order chi connectivity index (χ1) is 12.4. The average Bonchev–Trinajstić information content (AvgIpc) is 2.97. The number of carboxylic acids is 1. The molecule has 1 fully saturated rings. The maximum Gasteiger partial charge on any atom is 0.303 e. The maximum absolute atomic E-state index is 10.4. The molecule has 150 valence electrons. The molecule has 0 radical (unpaired) electrons. The Morgan fingerprint density at radius 1 is 1.23 bits per heavy atom. The van der Waals surface area contributed by atoms with Crippen LogP contribution in [0.1, 0.15) is 64.7 Å². The van der Waals surface area contributed by atoms with Crippen LogP contribution in [0.3, 0.4) is 0 Å². The van der Waals surface area contributed by atoms with Crippen LogP contribution in [0.15, 0.2) is 24.3 Å². The third-order valence-electron chi connectivity index (χ3n) is 4.55. The molecule has 0 unspecified atom stereocenters. The zero-order chi connectivity index (χ0) is 19.4. The molecule has 1 rings (SSSR count). The summed E-state index contributed by atoms with van der Waals surface area (Å²) in [6.45, 7) is 2.11. The molecule has 6 heteroatoms. The quantitative estimate of drug-likeness (QED) is 0.293. The van der Waals surface area contributed by atoms with Crippen molar-refractivity contribution in [1.29, 1.82) is 0 Å². The summed E-state index contributed by atoms with van der Waals surface area (Å²) in [5.74, 6) is -0.804. The van der Waals surface area contributed by atoms with Crippen molar-refractivity contribution in [3.63, 3.8) is 0 Å². The van der Waals surface area contributed by atoms with Gasteiger partial charge in [-0.2, -0.15) is 0 Å². The molecule has 0 aliphatic carbocycles. The molecule has 1 aliphatic rings. The number of hydrogen-bond donors (Lipinski definition) is 4. The molecule has 1 heterocycles.